The first kappa shape index (κ1) is 42.8. The first-order valence-corrected chi connectivity index (χ1v) is 22.8. The van der Waals surface area contributed by atoms with E-state index in [0.29, 0.717) is 67.4 Å². The van der Waals surface area contributed by atoms with Crippen LogP contribution in [0, 0.1) is 17.8 Å². The van der Waals surface area contributed by atoms with Crippen molar-refractivity contribution in [2.24, 2.45) is 17.8 Å². The van der Waals surface area contributed by atoms with Crippen LogP contribution in [0.2, 0.25) is 0 Å². The van der Waals surface area contributed by atoms with Crippen LogP contribution in [0.15, 0.2) is 18.2 Å². The zero-order valence-corrected chi connectivity index (χ0v) is 34.7. The number of hydrogen-bond donors (Lipinski definition) is 3. The number of fused-ring (bicyclic) bond motifs is 4. The Labute approximate surface area is 343 Å². The molecule has 3 heterocycles. The van der Waals surface area contributed by atoms with Gasteiger partial charge in [0, 0.05) is 12.0 Å². The minimum absolute atomic E-state index is 0.141. The van der Waals surface area contributed by atoms with Crippen LogP contribution in [0.3, 0.4) is 0 Å². The molecule has 15 nitrogen and oxygen atoms in total. The number of sulfonamides is 1. The minimum Gasteiger partial charge on any atom is -0.497 e. The average Bonchev–Trinajstić information content (AvgIpc) is 4.10. The number of cyclic esters (lactones) is 1. The molecule has 0 spiro atoms. The summed E-state index contributed by atoms with van der Waals surface area (Å²) in [5.74, 6) is -4.59. The summed E-state index contributed by atoms with van der Waals surface area (Å²) in [6, 6.07) is 2.91. The van der Waals surface area contributed by atoms with Crippen molar-refractivity contribution >= 4 is 44.9 Å². The summed E-state index contributed by atoms with van der Waals surface area (Å²) < 4.78 is 74.3. The summed E-state index contributed by atoms with van der Waals surface area (Å²) in [6.45, 7) is 3.60. The second-order valence-corrected chi connectivity index (χ2v) is 18.8. The Hall–Kier alpha value is -4.35. The van der Waals surface area contributed by atoms with Gasteiger partial charge in [-0.2, -0.15) is 0 Å². The van der Waals surface area contributed by atoms with Gasteiger partial charge >= 0.3 is 6.09 Å². The van der Waals surface area contributed by atoms with E-state index in [2.05, 4.69) is 10.6 Å². The molecule has 59 heavy (non-hydrogen) atoms. The van der Waals surface area contributed by atoms with Crippen molar-refractivity contribution in [1.29, 1.82) is 0 Å². The normalized spacial score (nSPS) is 29.8. The standard InChI is InChI=1S/C41H56F2N6O9S/c1-4-24-14-8-6-7-9-15-30-37(45-31-20-25(56-3)16-19-29(31)44-30)58-32-22-49(38(51)33(46-40(53)57-24)23-12-10-11-13-23)34(27(32)5-2)36(50)47-41(21-28(41)35(42)43)39(52)48-59(54,55)26-17-18-26/h16,19-20,23-24,26-28,32-35H,4-15,17-18,21-22H2,1-3H3,(H,46,53)(H,47,50)(H,48,52)/t24-,27-,28+,32+,33+,34+,41-/m1/s1. The fraction of sp³-hybridized carbons (Fsp3) is 0.707. The average molecular weight is 847 g/mol. The van der Waals surface area contributed by atoms with Crippen molar-refractivity contribution in [3.8, 4) is 11.6 Å². The Kier molecular flexibility index (Phi) is 12.8. The van der Waals surface area contributed by atoms with Crippen LogP contribution in [0.4, 0.5) is 13.6 Å². The number of benzene rings is 1. The van der Waals surface area contributed by atoms with Crippen LogP contribution < -0.4 is 24.8 Å². The lowest BCUT2D eigenvalue weighted by atomic mass is 9.92. The highest BCUT2D eigenvalue weighted by Gasteiger charge is 2.67. The number of aryl methyl sites for hydroxylation is 1. The smallest absolute Gasteiger partial charge is 0.408 e. The van der Waals surface area contributed by atoms with Crippen LogP contribution in [0.1, 0.15) is 109 Å². The number of carbonyl (C=O) groups is 4. The number of methoxy groups -OCH3 is 1. The molecule has 0 radical (unpaired) electrons. The number of hydrogen-bond acceptors (Lipinski definition) is 11. The summed E-state index contributed by atoms with van der Waals surface area (Å²) in [5, 5.41) is 4.57. The first-order valence-electron chi connectivity index (χ1n) is 21.2. The number of aromatic nitrogens is 2. The Balaban J connectivity index is 1.28. The molecule has 3 saturated carbocycles. The van der Waals surface area contributed by atoms with Crippen LogP contribution in [0.25, 0.3) is 11.0 Å². The molecule has 1 aromatic carbocycles. The Morgan fingerprint density at radius 2 is 1.71 bits per heavy atom. The van der Waals surface area contributed by atoms with E-state index < -0.39 is 87.5 Å². The van der Waals surface area contributed by atoms with Crippen LogP contribution in [0.5, 0.6) is 11.6 Å². The molecule has 18 heteroatoms. The van der Waals surface area contributed by atoms with Crippen molar-refractivity contribution in [3.05, 3.63) is 23.9 Å². The molecule has 3 aliphatic carbocycles. The number of alkyl carbamates (subject to hydrolysis) is 1. The second-order valence-electron chi connectivity index (χ2n) is 16.8. The number of ether oxygens (including phenoxy) is 3. The van der Waals surface area contributed by atoms with Crippen molar-refractivity contribution in [1.82, 2.24) is 30.2 Å². The third-order valence-corrected chi connectivity index (χ3v) is 14.7. The fourth-order valence-corrected chi connectivity index (χ4v) is 10.6. The lowest BCUT2D eigenvalue weighted by molar-refractivity contribution is -0.143. The van der Waals surface area contributed by atoms with E-state index in [1.807, 2.05) is 17.7 Å². The predicted octanol–water partition coefficient (Wildman–Crippen LogP) is 4.94. The van der Waals surface area contributed by atoms with E-state index >= 15 is 4.79 Å². The molecule has 2 bridgehead atoms. The van der Waals surface area contributed by atoms with Gasteiger partial charge in [0.05, 0.1) is 35.9 Å². The van der Waals surface area contributed by atoms with Crippen molar-refractivity contribution < 1.29 is 50.6 Å². The Bertz CT molecular complexity index is 2020. The SMILES string of the molecule is CC[C@@H]1CCCCCCc2nc3ccc(OC)cc3nc2O[C@H]2CN(C(=O)[C@H](C3CCCC3)NC(=O)O1)[C@H](C(=O)N[C@]1(C(=O)NS(=O)(=O)C3CC3)C[C@H]1C(F)F)[C@@H]2CC. The lowest BCUT2D eigenvalue weighted by Crippen LogP contribution is -2.60. The van der Waals surface area contributed by atoms with Gasteiger partial charge in [-0.25, -0.2) is 32.0 Å². The molecule has 4 fully saturated rings. The number of carbonyl (C=O) groups excluding carboxylic acids is 4. The molecule has 2 aromatic rings. The van der Waals surface area contributed by atoms with Crippen LogP contribution in [-0.4, -0.2) is 102 Å². The monoisotopic (exact) mass is 846 g/mol. The van der Waals surface area contributed by atoms with Gasteiger partial charge in [0.2, 0.25) is 34.1 Å². The molecular weight excluding hydrogens is 791 g/mol. The molecule has 324 valence electrons. The molecule has 0 unspecified atom stereocenters. The number of nitrogens with one attached hydrogen (secondary N) is 3. The highest BCUT2D eigenvalue weighted by Crippen LogP contribution is 2.49. The third-order valence-electron chi connectivity index (χ3n) is 12.9. The van der Waals surface area contributed by atoms with Gasteiger partial charge in [-0.1, -0.05) is 39.5 Å². The zero-order chi connectivity index (χ0) is 42.1. The van der Waals surface area contributed by atoms with E-state index in [4.69, 9.17) is 24.2 Å². The summed E-state index contributed by atoms with van der Waals surface area (Å²) in [4.78, 5) is 68.0. The van der Waals surface area contributed by atoms with E-state index in [9.17, 15) is 31.6 Å². The molecule has 5 aliphatic rings. The highest BCUT2D eigenvalue weighted by atomic mass is 32.2. The number of amides is 4. The van der Waals surface area contributed by atoms with Gasteiger partial charge in [0.15, 0.2) is 0 Å². The van der Waals surface area contributed by atoms with Crippen LogP contribution in [-0.2, 0) is 35.6 Å². The number of alkyl halides is 2. The van der Waals surface area contributed by atoms with Crippen molar-refractivity contribution in [3.63, 3.8) is 0 Å². The molecule has 2 aliphatic heterocycles. The molecule has 1 saturated heterocycles. The number of nitrogens with zero attached hydrogens (tertiary/aromatic N) is 3. The first-order chi connectivity index (χ1) is 28.3. The van der Waals surface area contributed by atoms with E-state index in [0.717, 1.165) is 38.5 Å². The number of halogens is 2. The second kappa shape index (κ2) is 17.7. The lowest BCUT2D eigenvalue weighted by Gasteiger charge is -2.33. The zero-order valence-electron chi connectivity index (χ0n) is 33.9. The highest BCUT2D eigenvalue weighted by molar-refractivity contribution is 7.91. The van der Waals surface area contributed by atoms with Crippen LogP contribution >= 0.6 is 0 Å². The van der Waals surface area contributed by atoms with Gasteiger partial charge in [0.1, 0.15) is 41.3 Å². The van der Waals surface area contributed by atoms with Gasteiger partial charge in [-0.05, 0) is 88.7 Å². The van der Waals surface area contributed by atoms with Gasteiger partial charge in [-0.15, -0.1) is 0 Å². The van der Waals surface area contributed by atoms with E-state index in [1.54, 1.807) is 26.2 Å². The number of rotatable bonds is 10. The maximum absolute atomic E-state index is 15.0. The third kappa shape index (κ3) is 9.21. The molecule has 7 rings (SSSR count). The molecule has 1 aromatic heterocycles. The summed E-state index contributed by atoms with van der Waals surface area (Å²) in [6.07, 6.45) is 3.48. The van der Waals surface area contributed by atoms with Gasteiger partial charge in [0.25, 0.3) is 5.91 Å². The molecular formula is C41H56F2N6O9S. The largest absolute Gasteiger partial charge is 0.497 e. The Morgan fingerprint density at radius 3 is 2.37 bits per heavy atom. The summed E-state index contributed by atoms with van der Waals surface area (Å²) in [7, 11) is -2.60. The quantitative estimate of drug-likeness (QED) is 0.293. The van der Waals surface area contributed by atoms with Gasteiger partial charge in [-0.3, -0.25) is 19.1 Å². The van der Waals surface area contributed by atoms with Crippen molar-refractivity contribution in [2.75, 3.05) is 13.7 Å². The minimum atomic E-state index is -4.14. The summed E-state index contributed by atoms with van der Waals surface area (Å²) >= 11 is 0. The maximum atomic E-state index is 15.0. The molecule has 4 amide bonds. The fourth-order valence-electron chi connectivity index (χ4n) is 9.19. The van der Waals surface area contributed by atoms with Crippen molar-refractivity contribution in [2.45, 2.75) is 152 Å². The van der Waals surface area contributed by atoms with E-state index in [1.165, 1.54) is 4.90 Å². The maximum Gasteiger partial charge on any atom is 0.408 e. The van der Waals surface area contributed by atoms with Gasteiger partial charge < -0.3 is 29.7 Å². The molecule has 3 N–H and O–H groups in total. The summed E-state index contributed by atoms with van der Waals surface area (Å²) in [5.41, 5.74) is -0.482. The van der Waals surface area contributed by atoms with E-state index in [-0.39, 0.29) is 30.9 Å². The predicted molar refractivity (Wildman–Crippen MR) is 211 cm³/mol. The topological polar surface area (TPSA) is 195 Å². The Morgan fingerprint density at radius 1 is 0.983 bits per heavy atom. The molecule has 7 atom stereocenters.